The fourth-order valence-corrected chi connectivity index (χ4v) is 5.81. The Morgan fingerprint density at radius 2 is 1.09 bits per heavy atom. The second-order valence-corrected chi connectivity index (χ2v) is 10.9. The van der Waals surface area contributed by atoms with Crippen molar-refractivity contribution < 1.29 is 19.2 Å². The molecular formula is C28H38O4. The molecule has 0 heterocycles. The van der Waals surface area contributed by atoms with E-state index < -0.39 is 11.8 Å². The van der Waals surface area contributed by atoms with Crippen LogP contribution in [0.3, 0.4) is 0 Å². The second-order valence-electron chi connectivity index (χ2n) is 10.9. The van der Waals surface area contributed by atoms with Gasteiger partial charge in [0.05, 0.1) is 11.8 Å². The molecule has 2 saturated carbocycles. The van der Waals surface area contributed by atoms with Gasteiger partial charge in [-0.3, -0.25) is 19.2 Å². The van der Waals surface area contributed by atoms with Crippen LogP contribution in [0.1, 0.15) is 87.9 Å². The fraction of sp³-hybridized carbons (Fsp3) is 0.643. The van der Waals surface area contributed by atoms with Gasteiger partial charge in [0.15, 0.2) is 11.6 Å². The number of rotatable bonds is 6. The van der Waals surface area contributed by atoms with E-state index in [2.05, 4.69) is 0 Å². The Labute approximate surface area is 192 Å². The van der Waals surface area contributed by atoms with Gasteiger partial charge in [0, 0.05) is 23.0 Å². The molecular weight excluding hydrogens is 400 g/mol. The van der Waals surface area contributed by atoms with Crippen molar-refractivity contribution in [2.45, 2.75) is 67.2 Å². The van der Waals surface area contributed by atoms with Gasteiger partial charge < -0.3 is 0 Å². The minimum Gasteiger partial charge on any atom is -0.299 e. The van der Waals surface area contributed by atoms with Crippen molar-refractivity contribution in [3.63, 3.8) is 0 Å². The lowest BCUT2D eigenvalue weighted by Gasteiger charge is -2.34. The maximum absolute atomic E-state index is 13.4. The van der Waals surface area contributed by atoms with Gasteiger partial charge in [-0.25, -0.2) is 0 Å². The average molecular weight is 439 g/mol. The maximum Gasteiger partial charge on any atom is 0.173 e. The van der Waals surface area contributed by atoms with Crippen LogP contribution in [-0.4, -0.2) is 23.1 Å². The van der Waals surface area contributed by atoms with Crippen molar-refractivity contribution in [1.82, 2.24) is 0 Å². The Balaban J connectivity index is 1.87. The highest BCUT2D eigenvalue weighted by Gasteiger charge is 2.43. The predicted octanol–water partition coefficient (Wildman–Crippen LogP) is 5.83. The van der Waals surface area contributed by atoms with E-state index in [0.29, 0.717) is 11.1 Å². The Kier molecular flexibility index (Phi) is 7.52. The standard InChI is InChI=1S/C28H38O4/c1-15(2)21-12-10-17(5)23(27(21)31)25(29)19-8-7-9-20(14-19)26(30)24-18(6)11-13-22(16(3)4)28(24)32/h7-9,14-18,21-24H,10-13H2,1-6H3/t17-,18-,21+,22+,23?,24?/m1/s1. The monoisotopic (exact) mass is 438 g/mol. The molecule has 0 aromatic heterocycles. The SMILES string of the molecule is CC(C)[C@@H]1CC[C@@H](C)C(C(=O)c2cccc(C(=O)C3C(=O)[C@H](C(C)C)CC[C@H]3C)c2)C1=O. The molecule has 0 aliphatic heterocycles. The number of ketones is 4. The van der Waals surface area contributed by atoms with Crippen molar-refractivity contribution in [2.75, 3.05) is 0 Å². The summed E-state index contributed by atoms with van der Waals surface area (Å²) in [6, 6.07) is 6.71. The van der Waals surface area contributed by atoms with E-state index in [0.717, 1.165) is 25.7 Å². The van der Waals surface area contributed by atoms with Crippen LogP contribution in [0, 0.1) is 47.3 Å². The minimum atomic E-state index is -0.651. The van der Waals surface area contributed by atoms with E-state index in [1.807, 2.05) is 41.5 Å². The van der Waals surface area contributed by atoms with Gasteiger partial charge in [0.2, 0.25) is 0 Å². The largest absolute Gasteiger partial charge is 0.299 e. The van der Waals surface area contributed by atoms with Crippen molar-refractivity contribution in [3.8, 4) is 0 Å². The molecule has 0 saturated heterocycles. The lowest BCUT2D eigenvalue weighted by Crippen LogP contribution is -2.41. The molecule has 2 aliphatic carbocycles. The van der Waals surface area contributed by atoms with E-state index in [9.17, 15) is 19.2 Å². The highest BCUT2D eigenvalue weighted by Crippen LogP contribution is 2.38. The first kappa shape index (κ1) is 24.5. The summed E-state index contributed by atoms with van der Waals surface area (Å²) in [4.78, 5) is 53.0. The number of Topliss-reactive ketones (excluding diaryl/α,β-unsaturated/α-hetero) is 4. The number of carbonyl (C=O) groups excluding carboxylic acids is 4. The van der Waals surface area contributed by atoms with Crippen molar-refractivity contribution in [1.29, 1.82) is 0 Å². The van der Waals surface area contributed by atoms with Crippen LogP contribution in [-0.2, 0) is 9.59 Å². The number of hydrogen-bond donors (Lipinski definition) is 0. The Hall–Kier alpha value is -2.10. The molecule has 0 spiro atoms. The normalized spacial score (nSPS) is 31.2. The summed E-state index contributed by atoms with van der Waals surface area (Å²) in [6.45, 7) is 12.1. The lowest BCUT2D eigenvalue weighted by molar-refractivity contribution is -0.131. The molecule has 4 heteroatoms. The van der Waals surface area contributed by atoms with Crippen LogP contribution in [0.2, 0.25) is 0 Å². The summed E-state index contributed by atoms with van der Waals surface area (Å²) in [5, 5.41) is 0. The molecule has 1 aromatic rings. The number of carbonyl (C=O) groups is 4. The highest BCUT2D eigenvalue weighted by atomic mass is 16.2. The Morgan fingerprint density at radius 1 is 0.719 bits per heavy atom. The first-order valence-corrected chi connectivity index (χ1v) is 12.3. The first-order chi connectivity index (χ1) is 15.0. The number of benzene rings is 1. The third-order valence-electron chi connectivity index (χ3n) is 7.95. The van der Waals surface area contributed by atoms with Gasteiger partial charge >= 0.3 is 0 Å². The third-order valence-corrected chi connectivity index (χ3v) is 7.95. The molecule has 6 atom stereocenters. The lowest BCUT2D eigenvalue weighted by atomic mass is 9.67. The Bertz CT molecular complexity index is 827. The topological polar surface area (TPSA) is 68.3 Å². The zero-order valence-corrected chi connectivity index (χ0v) is 20.4. The molecule has 0 radical (unpaired) electrons. The summed E-state index contributed by atoms with van der Waals surface area (Å²) in [6.07, 6.45) is 3.37. The van der Waals surface area contributed by atoms with Gasteiger partial charge in [-0.1, -0.05) is 59.7 Å². The molecule has 1 aromatic carbocycles. The molecule has 3 rings (SSSR count). The van der Waals surface area contributed by atoms with Crippen LogP contribution in [0.25, 0.3) is 0 Å². The van der Waals surface area contributed by atoms with Crippen molar-refractivity contribution in [2.24, 2.45) is 47.3 Å². The summed E-state index contributed by atoms with van der Waals surface area (Å²) in [5.41, 5.74) is 0.809. The third kappa shape index (κ3) is 4.65. The Morgan fingerprint density at radius 3 is 1.44 bits per heavy atom. The second kappa shape index (κ2) is 9.80. The van der Waals surface area contributed by atoms with Gasteiger partial charge in [0.25, 0.3) is 0 Å². The quantitative estimate of drug-likeness (QED) is 0.414. The molecule has 4 nitrogen and oxygen atoms in total. The number of hydrogen-bond acceptors (Lipinski definition) is 4. The minimum absolute atomic E-state index is 0.00361. The van der Waals surface area contributed by atoms with E-state index in [1.165, 1.54) is 0 Å². The zero-order chi connectivity index (χ0) is 23.7. The van der Waals surface area contributed by atoms with E-state index in [-0.39, 0.29) is 58.6 Å². The van der Waals surface area contributed by atoms with Crippen LogP contribution >= 0.6 is 0 Å². The highest BCUT2D eigenvalue weighted by molar-refractivity contribution is 6.15. The van der Waals surface area contributed by atoms with Gasteiger partial charge in [-0.05, 0) is 55.4 Å². The van der Waals surface area contributed by atoms with Crippen LogP contribution in [0.15, 0.2) is 24.3 Å². The molecule has 0 N–H and O–H groups in total. The van der Waals surface area contributed by atoms with Crippen LogP contribution < -0.4 is 0 Å². The van der Waals surface area contributed by atoms with E-state index in [1.54, 1.807) is 24.3 Å². The molecule has 32 heavy (non-hydrogen) atoms. The van der Waals surface area contributed by atoms with Crippen LogP contribution in [0.5, 0.6) is 0 Å². The van der Waals surface area contributed by atoms with Gasteiger partial charge in [0.1, 0.15) is 11.6 Å². The zero-order valence-electron chi connectivity index (χ0n) is 20.4. The smallest absolute Gasteiger partial charge is 0.173 e. The summed E-state index contributed by atoms with van der Waals surface area (Å²) >= 11 is 0. The van der Waals surface area contributed by atoms with Gasteiger partial charge in [-0.15, -0.1) is 0 Å². The molecule has 0 amide bonds. The first-order valence-electron chi connectivity index (χ1n) is 12.3. The molecule has 2 fully saturated rings. The van der Waals surface area contributed by atoms with E-state index >= 15 is 0 Å². The summed E-state index contributed by atoms with van der Waals surface area (Å²) < 4.78 is 0. The van der Waals surface area contributed by atoms with Crippen molar-refractivity contribution >= 4 is 23.1 Å². The van der Waals surface area contributed by atoms with Gasteiger partial charge in [-0.2, -0.15) is 0 Å². The van der Waals surface area contributed by atoms with Crippen LogP contribution in [0.4, 0.5) is 0 Å². The molecule has 0 bridgehead atoms. The molecule has 174 valence electrons. The average Bonchev–Trinajstić information content (AvgIpc) is 2.73. The van der Waals surface area contributed by atoms with Crippen molar-refractivity contribution in [3.05, 3.63) is 35.4 Å². The fourth-order valence-electron chi connectivity index (χ4n) is 5.81. The van der Waals surface area contributed by atoms with E-state index in [4.69, 9.17) is 0 Å². The summed E-state index contributed by atoms with van der Waals surface area (Å²) in [5.74, 6) is -1.35. The molecule has 2 aliphatic rings. The molecule has 2 unspecified atom stereocenters. The predicted molar refractivity (Wildman–Crippen MR) is 126 cm³/mol. The maximum atomic E-state index is 13.4. The summed E-state index contributed by atoms with van der Waals surface area (Å²) in [7, 11) is 0.